The predicted molar refractivity (Wildman–Crippen MR) is 78.2 cm³/mol. The minimum absolute atomic E-state index is 0.392. The Balaban J connectivity index is 2.52. The highest BCUT2D eigenvalue weighted by molar-refractivity contribution is 9.10. The molecule has 0 fully saturated rings. The van der Waals surface area contributed by atoms with Crippen molar-refractivity contribution in [3.05, 3.63) is 34.3 Å². The molecule has 2 atom stereocenters. The van der Waals surface area contributed by atoms with Gasteiger partial charge < -0.3 is 5.32 Å². The minimum atomic E-state index is 0.392. The first kappa shape index (κ1) is 14.1. The van der Waals surface area contributed by atoms with Crippen molar-refractivity contribution in [3.8, 4) is 0 Å². The van der Waals surface area contributed by atoms with Crippen molar-refractivity contribution in [2.24, 2.45) is 0 Å². The van der Waals surface area contributed by atoms with E-state index in [1.54, 1.807) is 0 Å². The average Bonchev–Trinajstić information content (AvgIpc) is 2.26. The van der Waals surface area contributed by atoms with Crippen molar-refractivity contribution in [2.45, 2.75) is 32.9 Å². The van der Waals surface area contributed by atoms with Gasteiger partial charge >= 0.3 is 0 Å². The van der Waals surface area contributed by atoms with Gasteiger partial charge in [0.2, 0.25) is 0 Å². The van der Waals surface area contributed by atoms with Gasteiger partial charge in [-0.1, -0.05) is 41.1 Å². The Morgan fingerprint density at radius 3 is 2.62 bits per heavy atom. The van der Waals surface area contributed by atoms with Crippen LogP contribution in [0, 0.1) is 0 Å². The maximum Gasteiger partial charge on any atom is 0.0305 e. The summed E-state index contributed by atoms with van der Waals surface area (Å²) in [4.78, 5) is 0. The third-order valence-corrected chi connectivity index (χ3v) is 4.34. The molecule has 1 rings (SSSR count). The third-order valence-electron chi connectivity index (χ3n) is 2.48. The SMILES string of the molecule is CCSCC(C)NC(C)c1ccccc1Br. The number of hydrogen-bond acceptors (Lipinski definition) is 2. The Morgan fingerprint density at radius 1 is 1.31 bits per heavy atom. The molecule has 1 N–H and O–H groups in total. The first-order chi connectivity index (χ1) is 7.65. The molecular weight excluding hydrogens is 282 g/mol. The lowest BCUT2D eigenvalue weighted by Crippen LogP contribution is -2.31. The largest absolute Gasteiger partial charge is 0.307 e. The van der Waals surface area contributed by atoms with E-state index in [0.717, 1.165) is 0 Å². The first-order valence-electron chi connectivity index (χ1n) is 5.73. The molecule has 0 amide bonds. The quantitative estimate of drug-likeness (QED) is 0.843. The highest BCUT2D eigenvalue weighted by Gasteiger charge is 2.11. The van der Waals surface area contributed by atoms with Gasteiger partial charge in [0, 0.05) is 22.3 Å². The number of halogens is 1. The molecule has 3 heteroatoms. The fourth-order valence-corrected chi connectivity index (χ4v) is 3.00. The zero-order chi connectivity index (χ0) is 12.0. The Hall–Kier alpha value is 0.01000. The van der Waals surface area contributed by atoms with Gasteiger partial charge in [0.05, 0.1) is 0 Å². The van der Waals surface area contributed by atoms with E-state index in [-0.39, 0.29) is 0 Å². The summed E-state index contributed by atoms with van der Waals surface area (Å²) < 4.78 is 1.19. The summed E-state index contributed by atoms with van der Waals surface area (Å²) in [5.41, 5.74) is 1.33. The summed E-state index contributed by atoms with van der Waals surface area (Å²) in [7, 11) is 0. The lowest BCUT2D eigenvalue weighted by Gasteiger charge is -2.21. The summed E-state index contributed by atoms with van der Waals surface area (Å²) in [5, 5.41) is 3.62. The zero-order valence-electron chi connectivity index (χ0n) is 10.2. The third kappa shape index (κ3) is 4.48. The molecule has 0 spiro atoms. The van der Waals surface area contributed by atoms with E-state index in [1.165, 1.54) is 21.5 Å². The molecule has 0 aromatic heterocycles. The molecule has 0 aliphatic rings. The average molecular weight is 302 g/mol. The van der Waals surface area contributed by atoms with E-state index in [1.807, 2.05) is 11.8 Å². The van der Waals surface area contributed by atoms with Gasteiger partial charge in [-0.3, -0.25) is 0 Å². The molecule has 1 aromatic carbocycles. The second-order valence-corrected chi connectivity index (χ2v) is 6.14. The van der Waals surface area contributed by atoms with E-state index < -0.39 is 0 Å². The monoisotopic (exact) mass is 301 g/mol. The van der Waals surface area contributed by atoms with Crippen LogP contribution in [-0.4, -0.2) is 17.5 Å². The second kappa shape index (κ2) is 7.36. The molecule has 0 aliphatic heterocycles. The van der Waals surface area contributed by atoms with Gasteiger partial charge in [0.1, 0.15) is 0 Å². The fourth-order valence-electron chi connectivity index (χ4n) is 1.69. The van der Waals surface area contributed by atoms with Crippen LogP contribution in [0.1, 0.15) is 32.4 Å². The molecule has 16 heavy (non-hydrogen) atoms. The number of rotatable bonds is 6. The summed E-state index contributed by atoms with van der Waals surface area (Å²) in [5.74, 6) is 2.36. The Morgan fingerprint density at radius 2 is 2.00 bits per heavy atom. The molecule has 1 aromatic rings. The summed E-state index contributed by atoms with van der Waals surface area (Å²) in [6.07, 6.45) is 0. The van der Waals surface area contributed by atoms with Gasteiger partial charge in [0.15, 0.2) is 0 Å². The number of hydrogen-bond donors (Lipinski definition) is 1. The molecule has 0 bridgehead atoms. The van der Waals surface area contributed by atoms with Gasteiger partial charge in [-0.15, -0.1) is 0 Å². The van der Waals surface area contributed by atoms with Crippen LogP contribution in [0.25, 0.3) is 0 Å². The van der Waals surface area contributed by atoms with Gasteiger partial charge in [0.25, 0.3) is 0 Å². The van der Waals surface area contributed by atoms with Gasteiger partial charge in [-0.05, 0) is 31.2 Å². The number of benzene rings is 1. The second-order valence-electron chi connectivity index (χ2n) is 3.97. The number of thioether (sulfide) groups is 1. The fraction of sp³-hybridized carbons (Fsp3) is 0.538. The Labute approximate surface area is 112 Å². The molecule has 0 saturated carbocycles. The van der Waals surface area contributed by atoms with Crippen molar-refractivity contribution in [2.75, 3.05) is 11.5 Å². The minimum Gasteiger partial charge on any atom is -0.307 e. The lowest BCUT2D eigenvalue weighted by atomic mass is 10.1. The van der Waals surface area contributed by atoms with Crippen molar-refractivity contribution >= 4 is 27.7 Å². The van der Waals surface area contributed by atoms with Crippen LogP contribution in [0.3, 0.4) is 0 Å². The van der Waals surface area contributed by atoms with Crippen LogP contribution in [0.5, 0.6) is 0 Å². The Bertz CT molecular complexity index is 317. The van der Waals surface area contributed by atoms with Crippen LogP contribution in [-0.2, 0) is 0 Å². The summed E-state index contributed by atoms with van der Waals surface area (Å²) in [6.45, 7) is 6.66. The van der Waals surface area contributed by atoms with Crippen molar-refractivity contribution in [3.63, 3.8) is 0 Å². The predicted octanol–water partition coefficient (Wildman–Crippen LogP) is 4.24. The van der Waals surface area contributed by atoms with Gasteiger partial charge in [-0.2, -0.15) is 11.8 Å². The van der Waals surface area contributed by atoms with E-state index in [9.17, 15) is 0 Å². The molecule has 0 radical (unpaired) electrons. The number of nitrogens with one attached hydrogen (secondary N) is 1. The van der Waals surface area contributed by atoms with E-state index in [0.29, 0.717) is 12.1 Å². The normalized spacial score (nSPS) is 14.8. The smallest absolute Gasteiger partial charge is 0.0305 e. The summed E-state index contributed by atoms with van der Waals surface area (Å²) >= 11 is 5.58. The molecule has 0 aliphatic carbocycles. The van der Waals surface area contributed by atoms with Crippen LogP contribution < -0.4 is 5.32 Å². The lowest BCUT2D eigenvalue weighted by molar-refractivity contribution is 0.510. The molecule has 90 valence electrons. The maximum absolute atomic E-state index is 3.62. The van der Waals surface area contributed by atoms with Crippen molar-refractivity contribution in [1.29, 1.82) is 0 Å². The highest BCUT2D eigenvalue weighted by Crippen LogP contribution is 2.23. The van der Waals surface area contributed by atoms with E-state index in [4.69, 9.17) is 0 Å². The van der Waals surface area contributed by atoms with Crippen LogP contribution in [0.15, 0.2) is 28.7 Å². The topological polar surface area (TPSA) is 12.0 Å². The summed E-state index contributed by atoms with van der Waals surface area (Å²) in [6, 6.07) is 9.34. The van der Waals surface area contributed by atoms with Crippen LogP contribution in [0.4, 0.5) is 0 Å². The maximum atomic E-state index is 3.62. The molecule has 1 nitrogen and oxygen atoms in total. The Kier molecular flexibility index (Phi) is 6.47. The van der Waals surface area contributed by atoms with Crippen molar-refractivity contribution in [1.82, 2.24) is 5.32 Å². The van der Waals surface area contributed by atoms with E-state index in [2.05, 4.69) is 66.3 Å². The molecule has 0 heterocycles. The van der Waals surface area contributed by atoms with Crippen LogP contribution >= 0.6 is 27.7 Å². The van der Waals surface area contributed by atoms with E-state index >= 15 is 0 Å². The molecule has 0 saturated heterocycles. The molecular formula is C13H20BrNS. The van der Waals surface area contributed by atoms with Crippen LogP contribution in [0.2, 0.25) is 0 Å². The molecule has 2 unspecified atom stereocenters. The first-order valence-corrected chi connectivity index (χ1v) is 7.68. The van der Waals surface area contributed by atoms with Crippen molar-refractivity contribution < 1.29 is 0 Å². The van der Waals surface area contributed by atoms with Gasteiger partial charge in [-0.25, -0.2) is 0 Å². The standard InChI is InChI=1S/C13H20BrNS/c1-4-16-9-10(2)15-11(3)12-7-5-6-8-13(12)14/h5-8,10-11,15H,4,9H2,1-3H3. The zero-order valence-corrected chi connectivity index (χ0v) is 12.6. The highest BCUT2D eigenvalue weighted by atomic mass is 79.9.